The summed E-state index contributed by atoms with van der Waals surface area (Å²) in [6.45, 7) is -0.0279. The Morgan fingerprint density at radius 3 is 2.32 bits per heavy atom. The molecule has 0 saturated heterocycles. The predicted octanol–water partition coefficient (Wildman–Crippen LogP) is 5.77. The van der Waals surface area contributed by atoms with Crippen molar-refractivity contribution >= 4 is 46.8 Å². The largest absolute Gasteiger partial charge is 0.489 e. The number of amides is 1. The van der Waals surface area contributed by atoms with Crippen molar-refractivity contribution in [2.45, 2.75) is 6.61 Å². The van der Waals surface area contributed by atoms with Gasteiger partial charge in [0, 0.05) is 27.4 Å². The Hall–Kier alpha value is -3.28. The summed E-state index contributed by atoms with van der Waals surface area (Å²) in [5.41, 5.74) is 2.25. The molecular weight excluding hydrogens is 437 g/mol. The summed E-state index contributed by atoms with van der Waals surface area (Å²) in [6.07, 6.45) is 2.85. The molecule has 1 N–H and O–H groups in total. The molecular formula is C24H19Cl2NO4. The number of carbonyl (C=O) groups is 2. The van der Waals surface area contributed by atoms with Crippen molar-refractivity contribution in [1.82, 2.24) is 0 Å². The van der Waals surface area contributed by atoms with Gasteiger partial charge >= 0.3 is 5.97 Å². The van der Waals surface area contributed by atoms with Gasteiger partial charge in [-0.1, -0.05) is 53.5 Å². The number of halogens is 2. The van der Waals surface area contributed by atoms with E-state index in [0.717, 1.165) is 11.1 Å². The molecule has 0 bridgehead atoms. The van der Waals surface area contributed by atoms with Crippen molar-refractivity contribution in [3.63, 3.8) is 0 Å². The first kappa shape index (κ1) is 22.4. The summed E-state index contributed by atoms with van der Waals surface area (Å²) in [5.74, 6) is -0.382. The molecule has 7 heteroatoms. The molecule has 0 fully saturated rings. The molecule has 0 heterocycles. The second-order valence-electron chi connectivity index (χ2n) is 6.45. The maximum Gasteiger partial charge on any atom is 0.331 e. The maximum atomic E-state index is 11.8. The first-order valence-corrected chi connectivity index (χ1v) is 10.1. The van der Waals surface area contributed by atoms with Crippen LogP contribution >= 0.6 is 23.2 Å². The van der Waals surface area contributed by atoms with E-state index in [1.54, 1.807) is 54.6 Å². The van der Waals surface area contributed by atoms with Gasteiger partial charge in [0.1, 0.15) is 12.4 Å². The van der Waals surface area contributed by atoms with Crippen LogP contribution in [0, 0.1) is 0 Å². The first-order valence-electron chi connectivity index (χ1n) is 9.36. The van der Waals surface area contributed by atoms with Crippen molar-refractivity contribution < 1.29 is 19.1 Å². The van der Waals surface area contributed by atoms with Gasteiger partial charge in [-0.3, -0.25) is 4.79 Å². The first-order chi connectivity index (χ1) is 15.0. The molecule has 158 valence electrons. The van der Waals surface area contributed by atoms with E-state index < -0.39 is 11.9 Å². The number of anilines is 1. The fourth-order valence-electron chi connectivity index (χ4n) is 2.53. The van der Waals surface area contributed by atoms with Crippen molar-refractivity contribution in [3.05, 3.63) is 100 Å². The third-order valence-electron chi connectivity index (χ3n) is 4.12. The van der Waals surface area contributed by atoms with Crippen LogP contribution in [0.3, 0.4) is 0 Å². The highest BCUT2D eigenvalue weighted by atomic mass is 35.5. The number of nitrogens with one attached hydrogen (secondary N) is 1. The Morgan fingerprint density at radius 1 is 0.903 bits per heavy atom. The van der Waals surface area contributed by atoms with Gasteiger partial charge in [-0.2, -0.15) is 0 Å². The second kappa shape index (κ2) is 11.2. The Bertz CT molecular complexity index is 1060. The fraction of sp³-hybridized carbons (Fsp3) is 0.0833. The number of rotatable bonds is 8. The summed E-state index contributed by atoms with van der Waals surface area (Å²) >= 11 is 11.9. The van der Waals surface area contributed by atoms with Crippen LogP contribution < -0.4 is 10.1 Å². The molecule has 0 unspecified atom stereocenters. The lowest BCUT2D eigenvalue weighted by atomic mass is 10.2. The number of hydrogen-bond donors (Lipinski definition) is 1. The van der Waals surface area contributed by atoms with Crippen molar-refractivity contribution in [2.24, 2.45) is 0 Å². The SMILES string of the molecule is O=C(COC(=O)/C=C/c1ccc(OCc2ccccc2Cl)cc1)Nc1ccc(Cl)cc1. The van der Waals surface area contributed by atoms with Gasteiger partial charge in [-0.15, -0.1) is 0 Å². The molecule has 0 aliphatic carbocycles. The molecule has 3 aromatic carbocycles. The predicted molar refractivity (Wildman–Crippen MR) is 122 cm³/mol. The minimum atomic E-state index is -0.620. The summed E-state index contributed by atoms with van der Waals surface area (Å²) in [5, 5.41) is 3.83. The zero-order valence-electron chi connectivity index (χ0n) is 16.4. The topological polar surface area (TPSA) is 64.6 Å². The van der Waals surface area contributed by atoms with Gasteiger partial charge in [-0.05, 0) is 54.1 Å². The molecule has 0 radical (unpaired) electrons. The normalized spacial score (nSPS) is 10.6. The zero-order valence-corrected chi connectivity index (χ0v) is 17.9. The van der Waals surface area contributed by atoms with Crippen LogP contribution in [0.4, 0.5) is 5.69 Å². The number of esters is 1. The van der Waals surface area contributed by atoms with E-state index in [2.05, 4.69) is 5.32 Å². The molecule has 0 aliphatic heterocycles. The number of carbonyl (C=O) groups excluding carboxylic acids is 2. The lowest BCUT2D eigenvalue weighted by molar-refractivity contribution is -0.142. The van der Waals surface area contributed by atoms with Gasteiger partial charge in [0.05, 0.1) is 0 Å². The summed E-state index contributed by atoms with van der Waals surface area (Å²) in [7, 11) is 0. The summed E-state index contributed by atoms with van der Waals surface area (Å²) in [4.78, 5) is 23.7. The van der Waals surface area contributed by atoms with Gasteiger partial charge in [0.25, 0.3) is 5.91 Å². The average molecular weight is 456 g/mol. The van der Waals surface area contributed by atoms with Crippen LogP contribution in [-0.2, 0) is 20.9 Å². The minimum absolute atomic E-state index is 0.360. The van der Waals surface area contributed by atoms with E-state index in [1.165, 1.54) is 6.08 Å². The highest BCUT2D eigenvalue weighted by Crippen LogP contribution is 2.19. The molecule has 3 rings (SSSR count). The van der Waals surface area contributed by atoms with Crippen molar-refractivity contribution in [3.8, 4) is 5.75 Å². The van der Waals surface area contributed by atoms with Crippen molar-refractivity contribution in [1.29, 1.82) is 0 Å². The van der Waals surface area contributed by atoms with Crippen LogP contribution in [0.2, 0.25) is 10.0 Å². The highest BCUT2D eigenvalue weighted by molar-refractivity contribution is 6.31. The maximum absolute atomic E-state index is 11.8. The second-order valence-corrected chi connectivity index (χ2v) is 7.29. The van der Waals surface area contributed by atoms with Crippen molar-refractivity contribution in [2.75, 3.05) is 11.9 Å². The molecule has 3 aromatic rings. The van der Waals surface area contributed by atoms with E-state index in [9.17, 15) is 9.59 Å². The number of ether oxygens (including phenoxy) is 2. The lowest BCUT2D eigenvalue weighted by Crippen LogP contribution is -2.20. The fourth-order valence-corrected chi connectivity index (χ4v) is 2.85. The Labute approximate surface area is 190 Å². The van der Waals surface area contributed by atoms with Gasteiger partial charge in [0.15, 0.2) is 6.61 Å². The molecule has 31 heavy (non-hydrogen) atoms. The molecule has 0 aliphatic rings. The zero-order chi connectivity index (χ0) is 22.1. The lowest BCUT2D eigenvalue weighted by Gasteiger charge is -2.08. The molecule has 0 aromatic heterocycles. The van der Waals surface area contributed by atoms with Crippen LogP contribution in [0.15, 0.2) is 78.9 Å². The third kappa shape index (κ3) is 7.48. The third-order valence-corrected chi connectivity index (χ3v) is 4.74. The van der Waals surface area contributed by atoms with Crippen LogP contribution in [0.25, 0.3) is 6.08 Å². The van der Waals surface area contributed by atoms with E-state index in [1.807, 2.05) is 24.3 Å². The number of hydrogen-bond acceptors (Lipinski definition) is 4. The molecule has 0 saturated carbocycles. The van der Waals surface area contributed by atoms with E-state index in [-0.39, 0.29) is 6.61 Å². The Kier molecular flexibility index (Phi) is 8.10. The van der Waals surface area contributed by atoms with E-state index in [0.29, 0.717) is 28.1 Å². The summed E-state index contributed by atoms with van der Waals surface area (Å²) in [6, 6.07) is 21.3. The molecule has 1 amide bonds. The van der Waals surface area contributed by atoms with E-state index >= 15 is 0 Å². The molecule has 5 nitrogen and oxygen atoms in total. The standard InChI is InChI=1S/C24H19Cl2NO4/c25-19-8-10-20(11-9-19)27-23(28)16-31-24(29)14-7-17-5-12-21(13-6-17)30-15-18-3-1-2-4-22(18)26/h1-14H,15-16H2,(H,27,28)/b14-7+. The van der Waals surface area contributed by atoms with Gasteiger partial charge < -0.3 is 14.8 Å². The van der Waals surface area contributed by atoms with E-state index in [4.69, 9.17) is 32.7 Å². The number of benzene rings is 3. The van der Waals surface area contributed by atoms with Crippen LogP contribution in [0.1, 0.15) is 11.1 Å². The highest BCUT2D eigenvalue weighted by Gasteiger charge is 2.06. The quantitative estimate of drug-likeness (QED) is 0.346. The minimum Gasteiger partial charge on any atom is -0.489 e. The Morgan fingerprint density at radius 2 is 1.61 bits per heavy atom. The average Bonchev–Trinajstić information content (AvgIpc) is 2.78. The van der Waals surface area contributed by atoms with Crippen LogP contribution in [-0.4, -0.2) is 18.5 Å². The van der Waals surface area contributed by atoms with Gasteiger partial charge in [-0.25, -0.2) is 4.79 Å². The monoisotopic (exact) mass is 455 g/mol. The Balaban J connectivity index is 1.43. The van der Waals surface area contributed by atoms with Crippen LogP contribution in [0.5, 0.6) is 5.75 Å². The molecule has 0 atom stereocenters. The molecule has 0 spiro atoms. The summed E-state index contributed by atoms with van der Waals surface area (Å²) < 4.78 is 10.7. The smallest absolute Gasteiger partial charge is 0.331 e. The van der Waals surface area contributed by atoms with Gasteiger partial charge in [0.2, 0.25) is 0 Å².